The first-order valence-corrected chi connectivity index (χ1v) is 15.2. The van der Waals surface area contributed by atoms with Crippen molar-refractivity contribution in [2.24, 2.45) is 0 Å². The number of benzene rings is 4. The average Bonchev–Trinajstić information content (AvgIpc) is 3.07. The highest BCUT2D eigenvalue weighted by molar-refractivity contribution is 6.32. The van der Waals surface area contributed by atoms with Crippen LogP contribution in [0, 0.1) is 0 Å². The van der Waals surface area contributed by atoms with Crippen molar-refractivity contribution in [1.82, 2.24) is 0 Å². The summed E-state index contributed by atoms with van der Waals surface area (Å²) in [7, 11) is 0. The van der Waals surface area contributed by atoms with Crippen LogP contribution in [-0.4, -0.2) is 0 Å². The van der Waals surface area contributed by atoms with Gasteiger partial charge >= 0.3 is 0 Å². The van der Waals surface area contributed by atoms with Crippen LogP contribution in [0.25, 0.3) is 16.9 Å². The van der Waals surface area contributed by atoms with E-state index in [9.17, 15) is 0 Å². The summed E-state index contributed by atoms with van der Waals surface area (Å²) >= 11 is 7.08. The third-order valence-electron chi connectivity index (χ3n) is 8.06. The van der Waals surface area contributed by atoms with Crippen molar-refractivity contribution in [2.45, 2.75) is 25.4 Å². The molecule has 43 heavy (non-hydrogen) atoms. The van der Waals surface area contributed by atoms with Crippen LogP contribution in [-0.2, 0) is 0 Å². The van der Waals surface area contributed by atoms with Crippen LogP contribution in [0.3, 0.4) is 0 Å². The molecular formula is C40H31ClO2. The second-order valence-electron chi connectivity index (χ2n) is 10.9. The molecule has 4 aromatic rings. The molecule has 2 heterocycles. The highest BCUT2D eigenvalue weighted by atomic mass is 35.5. The van der Waals surface area contributed by atoms with E-state index in [2.05, 4.69) is 91.1 Å². The molecule has 1 aliphatic carbocycles. The Labute approximate surface area is 258 Å². The van der Waals surface area contributed by atoms with Crippen LogP contribution in [0.2, 0.25) is 0 Å². The van der Waals surface area contributed by atoms with E-state index in [4.69, 9.17) is 21.1 Å². The van der Waals surface area contributed by atoms with E-state index in [0.717, 1.165) is 86.1 Å². The standard InChI is InChI=1S/C40H31ClO2/c41-40-30(22-24-32-26-38(28-12-3-1-4-13-28)42-36-20-9-7-18-34(32)36)16-11-17-31(40)23-25-33-27-39(29-14-5-2-6-15-29)43-37-21-10-8-19-35(33)37/h1-10,12-15,18-27,38H,11,16-17H2/b24-22+,31-23+,33-25-. The van der Waals surface area contributed by atoms with Crippen molar-refractivity contribution >= 4 is 28.5 Å². The number of allylic oxidation sites excluding steroid dienone is 10. The van der Waals surface area contributed by atoms with E-state index < -0.39 is 0 Å². The van der Waals surface area contributed by atoms with Crippen LogP contribution in [0.5, 0.6) is 11.5 Å². The van der Waals surface area contributed by atoms with Crippen molar-refractivity contribution in [1.29, 1.82) is 0 Å². The van der Waals surface area contributed by atoms with E-state index in [0.29, 0.717) is 0 Å². The van der Waals surface area contributed by atoms with Crippen molar-refractivity contribution in [3.05, 3.63) is 184 Å². The summed E-state index contributed by atoms with van der Waals surface area (Å²) in [6.07, 6.45) is 15.9. The van der Waals surface area contributed by atoms with Gasteiger partial charge in [0.15, 0.2) is 0 Å². The molecule has 0 saturated carbocycles. The van der Waals surface area contributed by atoms with Crippen molar-refractivity contribution in [3.63, 3.8) is 0 Å². The highest BCUT2D eigenvalue weighted by Crippen LogP contribution is 2.40. The summed E-state index contributed by atoms with van der Waals surface area (Å²) in [5, 5.41) is 0.840. The fourth-order valence-electron chi connectivity index (χ4n) is 5.82. The van der Waals surface area contributed by atoms with E-state index in [1.807, 2.05) is 54.6 Å². The fourth-order valence-corrected chi connectivity index (χ4v) is 6.13. The molecule has 0 fully saturated rings. The first-order valence-electron chi connectivity index (χ1n) is 14.8. The predicted molar refractivity (Wildman–Crippen MR) is 178 cm³/mol. The quantitative estimate of drug-likeness (QED) is 0.234. The summed E-state index contributed by atoms with van der Waals surface area (Å²) in [5.41, 5.74) is 8.92. The molecule has 3 aliphatic rings. The van der Waals surface area contributed by atoms with Gasteiger partial charge in [-0.2, -0.15) is 0 Å². The van der Waals surface area contributed by atoms with E-state index in [-0.39, 0.29) is 6.10 Å². The molecule has 1 unspecified atom stereocenters. The Hall–Kier alpha value is -4.79. The lowest BCUT2D eigenvalue weighted by Crippen LogP contribution is -2.10. The van der Waals surface area contributed by atoms with Crippen LogP contribution in [0.4, 0.5) is 0 Å². The molecule has 0 radical (unpaired) electrons. The minimum atomic E-state index is -0.134. The van der Waals surface area contributed by atoms with Crippen LogP contribution >= 0.6 is 11.6 Å². The minimum Gasteiger partial charge on any atom is -0.481 e. The molecule has 0 bridgehead atoms. The Kier molecular flexibility index (Phi) is 7.69. The lowest BCUT2D eigenvalue weighted by Gasteiger charge is -2.25. The SMILES string of the molecule is ClC1=C(/C=C/C2=CC(c3ccccc3)Oc3ccccc32)CCC/C1=C\C=C1\C=C(c2ccccc2)Oc2ccccc21. The maximum atomic E-state index is 7.08. The highest BCUT2D eigenvalue weighted by Gasteiger charge is 2.21. The molecule has 2 aliphatic heterocycles. The van der Waals surface area contributed by atoms with Gasteiger partial charge in [0.2, 0.25) is 0 Å². The molecule has 210 valence electrons. The summed E-state index contributed by atoms with van der Waals surface area (Å²) in [6, 6.07) is 37.0. The number of para-hydroxylation sites is 2. The molecule has 0 aromatic heterocycles. The Morgan fingerprint density at radius 1 is 0.674 bits per heavy atom. The van der Waals surface area contributed by atoms with Gasteiger partial charge < -0.3 is 9.47 Å². The first kappa shape index (κ1) is 27.1. The maximum Gasteiger partial charge on any atom is 0.143 e. The summed E-state index contributed by atoms with van der Waals surface area (Å²) < 4.78 is 12.6. The van der Waals surface area contributed by atoms with Crippen molar-refractivity contribution in [2.75, 3.05) is 0 Å². The topological polar surface area (TPSA) is 18.5 Å². The normalized spacial score (nSPS) is 19.8. The molecule has 0 N–H and O–H groups in total. The Bertz CT molecular complexity index is 1840. The number of fused-ring (bicyclic) bond motifs is 2. The first-order chi connectivity index (χ1) is 21.2. The second kappa shape index (κ2) is 12.2. The van der Waals surface area contributed by atoms with Gasteiger partial charge in [-0.1, -0.05) is 133 Å². The molecule has 0 saturated heterocycles. The monoisotopic (exact) mass is 578 g/mol. The lowest BCUT2D eigenvalue weighted by molar-refractivity contribution is 0.251. The number of hydrogen-bond acceptors (Lipinski definition) is 2. The molecule has 0 amide bonds. The zero-order valence-electron chi connectivity index (χ0n) is 23.7. The average molecular weight is 579 g/mol. The van der Waals surface area contributed by atoms with Gasteiger partial charge in [-0.3, -0.25) is 0 Å². The summed E-state index contributed by atoms with van der Waals surface area (Å²) in [4.78, 5) is 0. The predicted octanol–water partition coefficient (Wildman–Crippen LogP) is 10.9. The minimum absolute atomic E-state index is 0.134. The smallest absolute Gasteiger partial charge is 0.143 e. The summed E-state index contributed by atoms with van der Waals surface area (Å²) in [6.45, 7) is 0. The molecular weight excluding hydrogens is 548 g/mol. The third kappa shape index (κ3) is 5.80. The Balaban J connectivity index is 1.21. The van der Waals surface area contributed by atoms with Crippen molar-refractivity contribution in [3.8, 4) is 11.5 Å². The fraction of sp³-hybridized carbons (Fsp3) is 0.100. The van der Waals surface area contributed by atoms with Gasteiger partial charge in [-0.25, -0.2) is 0 Å². The maximum absolute atomic E-state index is 7.08. The van der Waals surface area contributed by atoms with Crippen LogP contribution in [0.1, 0.15) is 47.6 Å². The van der Waals surface area contributed by atoms with Crippen LogP contribution < -0.4 is 9.47 Å². The molecule has 0 spiro atoms. The molecule has 1 atom stereocenters. The second-order valence-corrected chi connectivity index (χ2v) is 11.3. The molecule has 7 rings (SSSR count). The lowest BCUT2D eigenvalue weighted by atomic mass is 9.91. The Morgan fingerprint density at radius 3 is 2.19 bits per heavy atom. The van der Waals surface area contributed by atoms with E-state index in [1.54, 1.807) is 0 Å². The van der Waals surface area contributed by atoms with Crippen LogP contribution in [0.15, 0.2) is 162 Å². The van der Waals surface area contributed by atoms with Gasteiger partial charge in [0.05, 0.1) is 0 Å². The summed E-state index contributed by atoms with van der Waals surface area (Å²) in [5.74, 6) is 2.60. The largest absolute Gasteiger partial charge is 0.481 e. The zero-order chi connectivity index (χ0) is 29.0. The van der Waals surface area contributed by atoms with Gasteiger partial charge in [0, 0.05) is 21.7 Å². The van der Waals surface area contributed by atoms with Gasteiger partial charge in [-0.05, 0) is 71.4 Å². The molecule has 4 aromatic carbocycles. The molecule has 2 nitrogen and oxygen atoms in total. The van der Waals surface area contributed by atoms with Gasteiger partial charge in [0.25, 0.3) is 0 Å². The van der Waals surface area contributed by atoms with E-state index >= 15 is 0 Å². The Morgan fingerprint density at radius 2 is 1.37 bits per heavy atom. The van der Waals surface area contributed by atoms with E-state index in [1.165, 1.54) is 0 Å². The number of halogens is 1. The van der Waals surface area contributed by atoms with Gasteiger partial charge in [-0.15, -0.1) is 0 Å². The number of ether oxygens (including phenoxy) is 2. The van der Waals surface area contributed by atoms with Crippen molar-refractivity contribution < 1.29 is 9.47 Å². The number of hydrogen-bond donors (Lipinski definition) is 0. The zero-order valence-corrected chi connectivity index (χ0v) is 24.5. The number of rotatable bonds is 5. The third-order valence-corrected chi connectivity index (χ3v) is 8.54. The molecule has 3 heteroatoms. The van der Waals surface area contributed by atoms with Gasteiger partial charge in [0.1, 0.15) is 23.4 Å².